The van der Waals surface area contributed by atoms with Crippen LogP contribution in [0.15, 0.2) is 36.9 Å². The second-order valence-electron chi connectivity index (χ2n) is 6.98. The molecular weight excluding hydrogens is 360 g/mol. The van der Waals surface area contributed by atoms with Gasteiger partial charge in [-0.1, -0.05) is 0 Å². The Kier molecular flexibility index (Phi) is 5.96. The van der Waals surface area contributed by atoms with Crippen molar-refractivity contribution < 1.29 is 19.0 Å². The van der Waals surface area contributed by atoms with Gasteiger partial charge >= 0.3 is 0 Å². The highest BCUT2D eigenvalue weighted by Gasteiger charge is 2.25. The molecule has 1 atom stereocenters. The minimum absolute atomic E-state index is 0.0175. The molecule has 2 saturated heterocycles. The van der Waals surface area contributed by atoms with Crippen LogP contribution >= 0.6 is 0 Å². The first-order chi connectivity index (χ1) is 13.8. The third kappa shape index (κ3) is 4.75. The number of rotatable bonds is 6. The van der Waals surface area contributed by atoms with E-state index in [0.717, 1.165) is 32.3 Å². The number of ether oxygens (including phenoxy) is 3. The van der Waals surface area contributed by atoms with E-state index in [1.807, 2.05) is 4.90 Å². The van der Waals surface area contributed by atoms with E-state index in [-0.39, 0.29) is 18.1 Å². The second kappa shape index (κ2) is 8.97. The van der Waals surface area contributed by atoms with Crippen molar-refractivity contribution >= 4 is 5.91 Å². The van der Waals surface area contributed by atoms with Crippen molar-refractivity contribution in [2.24, 2.45) is 0 Å². The van der Waals surface area contributed by atoms with Gasteiger partial charge in [-0.3, -0.25) is 9.78 Å². The van der Waals surface area contributed by atoms with Gasteiger partial charge in [0.1, 0.15) is 12.7 Å². The highest BCUT2D eigenvalue weighted by Crippen LogP contribution is 2.19. The van der Waals surface area contributed by atoms with E-state index in [2.05, 4.69) is 15.0 Å². The minimum Gasteiger partial charge on any atom is -0.475 e. The first kappa shape index (κ1) is 18.6. The van der Waals surface area contributed by atoms with Gasteiger partial charge in [0, 0.05) is 57.2 Å². The molecule has 0 unspecified atom stereocenters. The van der Waals surface area contributed by atoms with E-state index in [1.165, 1.54) is 0 Å². The van der Waals surface area contributed by atoms with Crippen LogP contribution in [0.1, 0.15) is 36.0 Å². The Morgan fingerprint density at radius 1 is 1.11 bits per heavy atom. The molecule has 0 radical (unpaired) electrons. The van der Waals surface area contributed by atoms with Crippen molar-refractivity contribution in [2.45, 2.75) is 37.9 Å². The highest BCUT2D eigenvalue weighted by atomic mass is 16.5. The maximum atomic E-state index is 12.7. The van der Waals surface area contributed by atoms with E-state index in [4.69, 9.17) is 14.2 Å². The predicted molar refractivity (Wildman–Crippen MR) is 100 cm³/mol. The molecule has 0 N–H and O–H groups in total. The van der Waals surface area contributed by atoms with E-state index in [1.54, 1.807) is 36.9 Å². The van der Waals surface area contributed by atoms with Gasteiger partial charge in [0.05, 0.1) is 17.9 Å². The zero-order chi connectivity index (χ0) is 19.2. The van der Waals surface area contributed by atoms with Crippen LogP contribution in [0, 0.1) is 0 Å². The van der Waals surface area contributed by atoms with Crippen LogP contribution in [0.5, 0.6) is 11.8 Å². The summed E-state index contributed by atoms with van der Waals surface area (Å²) in [5.74, 6) is 1.02. The number of carbonyl (C=O) groups excluding carboxylic acids is 1. The van der Waals surface area contributed by atoms with Crippen molar-refractivity contribution in [3.63, 3.8) is 0 Å². The maximum Gasteiger partial charge on any atom is 0.255 e. The summed E-state index contributed by atoms with van der Waals surface area (Å²) in [7, 11) is 0. The summed E-state index contributed by atoms with van der Waals surface area (Å²) in [6.45, 7) is 2.58. The normalized spacial score (nSPS) is 20.1. The fraction of sp³-hybridized carbons (Fsp3) is 0.500. The lowest BCUT2D eigenvalue weighted by Gasteiger charge is -2.31. The molecule has 2 fully saturated rings. The Balaban J connectivity index is 1.25. The monoisotopic (exact) mass is 384 g/mol. The van der Waals surface area contributed by atoms with Crippen LogP contribution in [-0.4, -0.2) is 64.3 Å². The molecular formula is C20H24N4O4. The third-order valence-corrected chi connectivity index (χ3v) is 4.98. The van der Waals surface area contributed by atoms with Gasteiger partial charge in [-0.05, 0) is 18.9 Å². The molecule has 0 aromatic carbocycles. The maximum absolute atomic E-state index is 12.7. The van der Waals surface area contributed by atoms with E-state index < -0.39 is 0 Å². The van der Waals surface area contributed by atoms with Crippen molar-refractivity contribution in [1.29, 1.82) is 0 Å². The zero-order valence-electron chi connectivity index (χ0n) is 15.7. The SMILES string of the molecule is O=C(c1ccc(OC[C@H]2CCCO2)nc1)N1CCC(Oc2cnccn2)CC1. The number of amides is 1. The molecule has 2 aromatic rings. The number of likely N-dealkylation sites (tertiary alicyclic amines) is 1. The lowest BCUT2D eigenvalue weighted by molar-refractivity contribution is 0.0585. The van der Waals surface area contributed by atoms with E-state index >= 15 is 0 Å². The van der Waals surface area contributed by atoms with Crippen molar-refractivity contribution in [3.05, 3.63) is 42.5 Å². The molecule has 2 aliphatic heterocycles. The number of carbonyl (C=O) groups is 1. The third-order valence-electron chi connectivity index (χ3n) is 4.98. The first-order valence-corrected chi connectivity index (χ1v) is 9.70. The molecule has 0 saturated carbocycles. The van der Waals surface area contributed by atoms with Gasteiger partial charge in [0.25, 0.3) is 5.91 Å². The topological polar surface area (TPSA) is 86.7 Å². The quantitative estimate of drug-likeness (QED) is 0.754. The number of nitrogens with zero attached hydrogens (tertiary/aromatic N) is 4. The molecule has 8 heteroatoms. The largest absolute Gasteiger partial charge is 0.475 e. The summed E-state index contributed by atoms with van der Waals surface area (Å²) in [6.07, 6.45) is 10.2. The Morgan fingerprint density at radius 2 is 2.00 bits per heavy atom. The molecule has 2 aliphatic rings. The minimum atomic E-state index is -0.0175. The van der Waals surface area contributed by atoms with Crippen LogP contribution in [0.2, 0.25) is 0 Å². The van der Waals surface area contributed by atoms with Gasteiger partial charge in [0.15, 0.2) is 0 Å². The second-order valence-corrected chi connectivity index (χ2v) is 6.98. The summed E-state index contributed by atoms with van der Waals surface area (Å²) < 4.78 is 17.0. The van der Waals surface area contributed by atoms with Crippen LogP contribution < -0.4 is 9.47 Å². The average molecular weight is 384 g/mol. The molecule has 0 aliphatic carbocycles. The fourth-order valence-electron chi connectivity index (χ4n) is 3.42. The van der Waals surface area contributed by atoms with Gasteiger partial charge in [-0.25, -0.2) is 9.97 Å². The molecule has 4 heterocycles. The molecule has 28 heavy (non-hydrogen) atoms. The Hall–Kier alpha value is -2.74. The van der Waals surface area contributed by atoms with Crippen molar-refractivity contribution in [3.8, 4) is 11.8 Å². The van der Waals surface area contributed by atoms with Gasteiger partial charge in [0.2, 0.25) is 11.8 Å². The van der Waals surface area contributed by atoms with Gasteiger partial charge in [-0.2, -0.15) is 0 Å². The summed E-state index contributed by atoms with van der Waals surface area (Å²) in [5.41, 5.74) is 0.567. The van der Waals surface area contributed by atoms with Crippen LogP contribution in [0.25, 0.3) is 0 Å². The summed E-state index contributed by atoms with van der Waals surface area (Å²) in [6, 6.07) is 3.51. The lowest BCUT2D eigenvalue weighted by Crippen LogP contribution is -2.41. The molecule has 0 bridgehead atoms. The number of aromatic nitrogens is 3. The highest BCUT2D eigenvalue weighted by molar-refractivity contribution is 5.94. The van der Waals surface area contributed by atoms with Crippen LogP contribution in [0.4, 0.5) is 0 Å². The van der Waals surface area contributed by atoms with E-state index in [9.17, 15) is 4.79 Å². The summed E-state index contributed by atoms with van der Waals surface area (Å²) in [5, 5.41) is 0. The van der Waals surface area contributed by atoms with Crippen LogP contribution in [0.3, 0.4) is 0 Å². The number of piperidine rings is 1. The number of hydrogen-bond acceptors (Lipinski definition) is 7. The molecule has 1 amide bonds. The van der Waals surface area contributed by atoms with Crippen molar-refractivity contribution in [2.75, 3.05) is 26.3 Å². The predicted octanol–water partition coefficient (Wildman–Crippen LogP) is 2.11. The van der Waals surface area contributed by atoms with Gasteiger partial charge < -0.3 is 19.1 Å². The average Bonchev–Trinajstić information content (AvgIpc) is 3.27. The number of pyridine rings is 1. The molecule has 8 nitrogen and oxygen atoms in total. The molecule has 0 spiro atoms. The molecule has 4 rings (SSSR count). The molecule has 2 aromatic heterocycles. The first-order valence-electron chi connectivity index (χ1n) is 9.70. The van der Waals surface area contributed by atoms with E-state index in [0.29, 0.717) is 37.0 Å². The lowest BCUT2D eigenvalue weighted by atomic mass is 10.1. The zero-order valence-corrected chi connectivity index (χ0v) is 15.7. The smallest absolute Gasteiger partial charge is 0.255 e. The Bertz CT molecular complexity index is 758. The summed E-state index contributed by atoms with van der Waals surface area (Å²) >= 11 is 0. The van der Waals surface area contributed by atoms with Crippen LogP contribution in [-0.2, 0) is 4.74 Å². The Labute approximate surface area is 163 Å². The standard InChI is InChI=1S/C20H24N4O4/c25-20(15-3-4-18(23-12-15)27-14-17-2-1-11-26-17)24-9-5-16(6-10-24)28-19-13-21-7-8-22-19/h3-4,7-8,12-13,16-17H,1-2,5-6,9-11,14H2/t17-/m1/s1. The summed E-state index contributed by atoms with van der Waals surface area (Å²) in [4.78, 5) is 26.9. The fourth-order valence-corrected chi connectivity index (χ4v) is 3.42. The molecule has 148 valence electrons. The van der Waals surface area contributed by atoms with Crippen molar-refractivity contribution in [1.82, 2.24) is 19.9 Å². The number of hydrogen-bond donors (Lipinski definition) is 0. The Morgan fingerprint density at radius 3 is 2.68 bits per heavy atom. The van der Waals surface area contributed by atoms with Gasteiger partial charge in [-0.15, -0.1) is 0 Å².